The average Bonchev–Trinajstić information content (AvgIpc) is 3.17. The van der Waals surface area contributed by atoms with Gasteiger partial charge in [0.05, 0.1) is 12.2 Å². The molecule has 1 heterocycles. The van der Waals surface area contributed by atoms with Crippen molar-refractivity contribution in [3.8, 4) is 5.75 Å². The highest BCUT2D eigenvalue weighted by Crippen LogP contribution is 2.25. The number of amides is 2. The molecule has 0 atom stereocenters. The third-order valence-electron chi connectivity index (χ3n) is 4.25. The number of hydrogen-bond donors (Lipinski definition) is 1. The van der Waals surface area contributed by atoms with Gasteiger partial charge in [-0.3, -0.25) is 9.59 Å². The molecule has 5 nitrogen and oxygen atoms in total. The van der Waals surface area contributed by atoms with Crippen molar-refractivity contribution in [1.82, 2.24) is 4.90 Å². The third-order valence-corrected chi connectivity index (χ3v) is 4.74. The second kappa shape index (κ2) is 8.36. The summed E-state index contributed by atoms with van der Waals surface area (Å²) in [5.74, 6) is 0.258. The largest absolute Gasteiger partial charge is 0.493 e. The van der Waals surface area contributed by atoms with Gasteiger partial charge in [0.15, 0.2) is 0 Å². The molecule has 136 valence electrons. The Morgan fingerprint density at radius 2 is 1.92 bits per heavy atom. The lowest BCUT2D eigenvalue weighted by Gasteiger charge is -2.16. The minimum Gasteiger partial charge on any atom is -0.493 e. The predicted molar refractivity (Wildman–Crippen MR) is 105 cm³/mol. The van der Waals surface area contributed by atoms with Crippen molar-refractivity contribution in [2.24, 2.45) is 0 Å². The quantitative estimate of drug-likeness (QED) is 0.788. The molecule has 1 fully saturated rings. The van der Waals surface area contributed by atoms with Crippen LogP contribution in [0, 0.1) is 0 Å². The van der Waals surface area contributed by atoms with Crippen LogP contribution in [0.3, 0.4) is 0 Å². The van der Waals surface area contributed by atoms with Crippen molar-refractivity contribution in [3.05, 3.63) is 58.1 Å². The lowest BCUT2D eigenvalue weighted by atomic mass is 10.1. The molecule has 0 aliphatic carbocycles. The molecule has 0 unspecified atom stereocenters. The first-order chi connectivity index (χ1) is 12.6. The molecule has 2 aromatic carbocycles. The summed E-state index contributed by atoms with van der Waals surface area (Å²) >= 11 is 3.38. The van der Waals surface area contributed by atoms with Gasteiger partial charge in [-0.05, 0) is 56.2 Å². The smallest absolute Gasteiger partial charge is 0.259 e. The van der Waals surface area contributed by atoms with Gasteiger partial charge in [0, 0.05) is 28.8 Å². The zero-order valence-corrected chi connectivity index (χ0v) is 16.2. The van der Waals surface area contributed by atoms with Crippen LogP contribution in [0.5, 0.6) is 5.75 Å². The highest BCUT2D eigenvalue weighted by molar-refractivity contribution is 9.10. The van der Waals surface area contributed by atoms with Crippen molar-refractivity contribution in [2.75, 3.05) is 25.0 Å². The van der Waals surface area contributed by atoms with Crippen LogP contribution in [0.4, 0.5) is 5.69 Å². The summed E-state index contributed by atoms with van der Waals surface area (Å²) in [6, 6.07) is 12.4. The van der Waals surface area contributed by atoms with Crippen LogP contribution in [0.25, 0.3) is 0 Å². The molecule has 0 spiro atoms. The second-order valence-corrected chi connectivity index (χ2v) is 7.02. The Kier molecular flexibility index (Phi) is 5.93. The molecule has 2 aromatic rings. The molecule has 1 aliphatic rings. The SMILES string of the molecule is CCOc1ccc(Br)cc1C(=O)Nc1cccc(C(=O)N2CCCC2)c1. The van der Waals surface area contributed by atoms with E-state index in [1.54, 1.807) is 36.4 Å². The van der Waals surface area contributed by atoms with Crippen molar-refractivity contribution in [1.29, 1.82) is 0 Å². The lowest BCUT2D eigenvalue weighted by Crippen LogP contribution is -2.27. The maximum Gasteiger partial charge on any atom is 0.259 e. The molecule has 6 heteroatoms. The Bertz CT molecular complexity index is 816. The van der Waals surface area contributed by atoms with Gasteiger partial charge in [-0.25, -0.2) is 0 Å². The standard InChI is InChI=1S/C20H21BrN2O3/c1-2-26-18-9-8-15(21)13-17(18)19(24)22-16-7-5-6-14(12-16)20(25)23-10-3-4-11-23/h5-9,12-13H,2-4,10-11H2,1H3,(H,22,24). The first kappa shape index (κ1) is 18.5. The fourth-order valence-electron chi connectivity index (χ4n) is 2.99. The molecule has 1 saturated heterocycles. The molecule has 0 aromatic heterocycles. The van der Waals surface area contributed by atoms with Crippen LogP contribution in [-0.2, 0) is 0 Å². The zero-order valence-electron chi connectivity index (χ0n) is 14.6. The monoisotopic (exact) mass is 416 g/mol. The highest BCUT2D eigenvalue weighted by Gasteiger charge is 2.20. The van der Waals surface area contributed by atoms with Gasteiger partial charge in [0.1, 0.15) is 5.75 Å². The number of likely N-dealkylation sites (tertiary alicyclic amines) is 1. The van der Waals surface area contributed by atoms with Gasteiger partial charge in [0.25, 0.3) is 11.8 Å². The summed E-state index contributed by atoms with van der Waals surface area (Å²) in [6.07, 6.45) is 2.09. The normalized spacial score (nSPS) is 13.5. The lowest BCUT2D eigenvalue weighted by molar-refractivity contribution is 0.0792. The number of nitrogens with zero attached hydrogens (tertiary/aromatic N) is 1. The number of hydrogen-bond acceptors (Lipinski definition) is 3. The van der Waals surface area contributed by atoms with E-state index < -0.39 is 0 Å². The van der Waals surface area contributed by atoms with Crippen LogP contribution in [-0.4, -0.2) is 36.4 Å². The molecule has 0 saturated carbocycles. The molecule has 3 rings (SSSR count). The number of carbonyl (C=O) groups is 2. The minimum atomic E-state index is -0.277. The molecule has 26 heavy (non-hydrogen) atoms. The van der Waals surface area contributed by atoms with Crippen molar-refractivity contribution < 1.29 is 14.3 Å². The van der Waals surface area contributed by atoms with Crippen molar-refractivity contribution in [2.45, 2.75) is 19.8 Å². The summed E-state index contributed by atoms with van der Waals surface area (Å²) in [5.41, 5.74) is 1.61. The number of nitrogens with one attached hydrogen (secondary N) is 1. The minimum absolute atomic E-state index is 0.0102. The van der Waals surface area contributed by atoms with E-state index in [2.05, 4.69) is 21.2 Å². The maximum atomic E-state index is 12.7. The zero-order chi connectivity index (χ0) is 18.5. The van der Waals surface area contributed by atoms with Crippen LogP contribution >= 0.6 is 15.9 Å². The van der Waals surface area contributed by atoms with Crippen LogP contribution < -0.4 is 10.1 Å². The molecule has 1 aliphatic heterocycles. The van der Waals surface area contributed by atoms with Crippen LogP contribution in [0.1, 0.15) is 40.5 Å². The Labute approximate surface area is 161 Å². The van der Waals surface area contributed by atoms with Gasteiger partial charge >= 0.3 is 0 Å². The van der Waals surface area contributed by atoms with Crippen LogP contribution in [0.15, 0.2) is 46.9 Å². The molecule has 0 radical (unpaired) electrons. The Morgan fingerprint density at radius 3 is 2.65 bits per heavy atom. The number of carbonyl (C=O) groups excluding carboxylic acids is 2. The van der Waals surface area contributed by atoms with Gasteiger partial charge in [-0.1, -0.05) is 22.0 Å². The molecule has 1 N–H and O–H groups in total. The summed E-state index contributed by atoms with van der Waals surface area (Å²) in [5, 5.41) is 2.86. The fraction of sp³-hybridized carbons (Fsp3) is 0.300. The Balaban J connectivity index is 1.79. The molecule has 2 amide bonds. The predicted octanol–water partition coefficient (Wildman–Crippen LogP) is 4.34. The summed E-state index contributed by atoms with van der Waals surface area (Å²) < 4.78 is 6.33. The van der Waals surface area contributed by atoms with E-state index in [4.69, 9.17) is 4.74 Å². The maximum absolute atomic E-state index is 12.7. The fourth-order valence-corrected chi connectivity index (χ4v) is 3.35. The summed E-state index contributed by atoms with van der Waals surface area (Å²) in [4.78, 5) is 27.1. The van der Waals surface area contributed by atoms with Crippen molar-refractivity contribution in [3.63, 3.8) is 0 Å². The van der Waals surface area contributed by atoms with Gasteiger partial charge in [-0.15, -0.1) is 0 Å². The first-order valence-corrected chi connectivity index (χ1v) is 9.51. The molecular formula is C20H21BrN2O3. The van der Waals surface area contributed by atoms with E-state index in [-0.39, 0.29) is 11.8 Å². The van der Waals surface area contributed by atoms with Crippen molar-refractivity contribution >= 4 is 33.4 Å². The van der Waals surface area contributed by atoms with Gasteiger partial charge in [-0.2, -0.15) is 0 Å². The molecular weight excluding hydrogens is 396 g/mol. The Hall–Kier alpha value is -2.34. The van der Waals surface area contributed by atoms with Gasteiger partial charge in [0.2, 0.25) is 0 Å². The van der Waals surface area contributed by atoms with E-state index in [9.17, 15) is 9.59 Å². The van der Waals surface area contributed by atoms with E-state index >= 15 is 0 Å². The van der Waals surface area contributed by atoms with E-state index in [1.807, 2.05) is 17.9 Å². The number of ether oxygens (including phenoxy) is 1. The number of rotatable bonds is 5. The second-order valence-electron chi connectivity index (χ2n) is 6.11. The van der Waals surface area contributed by atoms with E-state index in [0.717, 1.165) is 30.4 Å². The molecule has 0 bridgehead atoms. The number of benzene rings is 2. The van der Waals surface area contributed by atoms with E-state index in [0.29, 0.717) is 29.2 Å². The van der Waals surface area contributed by atoms with E-state index in [1.165, 1.54) is 0 Å². The average molecular weight is 417 g/mol. The topological polar surface area (TPSA) is 58.6 Å². The number of halogens is 1. The summed E-state index contributed by atoms with van der Waals surface area (Å²) in [6.45, 7) is 3.94. The summed E-state index contributed by atoms with van der Waals surface area (Å²) in [7, 11) is 0. The Morgan fingerprint density at radius 1 is 1.15 bits per heavy atom. The first-order valence-electron chi connectivity index (χ1n) is 8.71. The highest BCUT2D eigenvalue weighted by atomic mass is 79.9. The van der Waals surface area contributed by atoms with Crippen LogP contribution in [0.2, 0.25) is 0 Å². The number of anilines is 1. The van der Waals surface area contributed by atoms with Gasteiger partial charge < -0.3 is 15.0 Å². The third kappa shape index (κ3) is 4.25.